The molecule has 0 radical (unpaired) electrons. The molecule has 1 amide bonds. The molecule has 2 aromatic rings. The number of hydrogen-bond acceptors (Lipinski definition) is 4. The topological polar surface area (TPSA) is 69.0 Å². The number of nitrogens with one attached hydrogen (secondary N) is 1. The van der Waals surface area contributed by atoms with Crippen LogP contribution in [-0.2, 0) is 18.3 Å². The van der Waals surface area contributed by atoms with Gasteiger partial charge in [-0.3, -0.25) is 9.67 Å². The number of carbonyl (C=O) groups is 1. The van der Waals surface area contributed by atoms with Crippen LogP contribution in [0.25, 0.3) is 11.3 Å². The fourth-order valence-electron chi connectivity index (χ4n) is 1.85. The van der Waals surface area contributed by atoms with Crippen molar-refractivity contribution in [1.29, 1.82) is 0 Å². The summed E-state index contributed by atoms with van der Waals surface area (Å²) in [4.78, 5) is 16.0. The molecule has 1 N–H and O–H groups in total. The van der Waals surface area contributed by atoms with Crippen molar-refractivity contribution in [3.8, 4) is 11.3 Å². The molecular weight excluding hydrogens is 268 g/mol. The Labute approximate surface area is 124 Å². The van der Waals surface area contributed by atoms with Crippen LogP contribution in [0.5, 0.6) is 0 Å². The zero-order chi connectivity index (χ0) is 15.2. The van der Waals surface area contributed by atoms with E-state index in [1.165, 1.54) is 0 Å². The van der Waals surface area contributed by atoms with E-state index in [1.54, 1.807) is 17.1 Å². The normalized spacial score (nSPS) is 10.7. The zero-order valence-corrected chi connectivity index (χ0v) is 12.5. The third-order valence-electron chi connectivity index (χ3n) is 2.84. The minimum atomic E-state index is -0.412. The first-order valence-electron chi connectivity index (χ1n) is 6.90. The summed E-state index contributed by atoms with van der Waals surface area (Å²) in [6.07, 6.45) is 4.96. The van der Waals surface area contributed by atoms with Crippen LogP contribution in [0.1, 0.15) is 19.4 Å². The Morgan fingerprint density at radius 2 is 2.29 bits per heavy atom. The summed E-state index contributed by atoms with van der Waals surface area (Å²) in [5.74, 6) is 0.320. The molecule has 2 aromatic heterocycles. The average molecular weight is 288 g/mol. The molecule has 2 rings (SSSR count). The highest BCUT2D eigenvalue weighted by Gasteiger charge is 2.10. The molecule has 0 aliphatic carbocycles. The highest BCUT2D eigenvalue weighted by molar-refractivity contribution is 5.68. The van der Waals surface area contributed by atoms with Crippen molar-refractivity contribution < 1.29 is 9.53 Å². The molecule has 6 heteroatoms. The Morgan fingerprint density at radius 1 is 1.48 bits per heavy atom. The van der Waals surface area contributed by atoms with Crippen molar-refractivity contribution in [3.63, 3.8) is 0 Å². The molecule has 0 saturated carbocycles. The van der Waals surface area contributed by atoms with Gasteiger partial charge in [0.25, 0.3) is 0 Å². The molecule has 0 saturated heterocycles. The minimum Gasteiger partial charge on any atom is -0.449 e. The lowest BCUT2D eigenvalue weighted by atomic mass is 10.1. The number of aromatic nitrogens is 3. The first-order chi connectivity index (χ1) is 10.1. The average Bonchev–Trinajstić information content (AvgIpc) is 2.89. The monoisotopic (exact) mass is 288 g/mol. The van der Waals surface area contributed by atoms with Gasteiger partial charge in [-0.15, -0.1) is 0 Å². The molecule has 0 unspecified atom stereocenters. The van der Waals surface area contributed by atoms with Crippen molar-refractivity contribution in [2.45, 2.75) is 20.4 Å². The van der Waals surface area contributed by atoms with Crippen LogP contribution in [0.2, 0.25) is 0 Å². The van der Waals surface area contributed by atoms with E-state index in [0.29, 0.717) is 19.1 Å². The third kappa shape index (κ3) is 4.30. The molecule has 0 atom stereocenters. The number of nitrogens with zero attached hydrogens (tertiary/aromatic N) is 3. The molecule has 0 fully saturated rings. The molecule has 6 nitrogen and oxygen atoms in total. The van der Waals surface area contributed by atoms with Gasteiger partial charge < -0.3 is 10.1 Å². The third-order valence-corrected chi connectivity index (χ3v) is 2.84. The predicted molar refractivity (Wildman–Crippen MR) is 79.5 cm³/mol. The zero-order valence-electron chi connectivity index (χ0n) is 12.5. The van der Waals surface area contributed by atoms with Crippen LogP contribution in [0.15, 0.2) is 30.7 Å². The number of pyridine rings is 1. The first-order valence-corrected chi connectivity index (χ1v) is 6.90. The van der Waals surface area contributed by atoms with Crippen molar-refractivity contribution in [3.05, 3.63) is 36.3 Å². The predicted octanol–water partition coefficient (Wildman–Crippen LogP) is 2.36. The van der Waals surface area contributed by atoms with Gasteiger partial charge in [0, 0.05) is 31.5 Å². The Morgan fingerprint density at radius 3 is 2.95 bits per heavy atom. The summed E-state index contributed by atoms with van der Waals surface area (Å²) >= 11 is 0. The summed E-state index contributed by atoms with van der Waals surface area (Å²) in [7, 11) is 1.85. The smallest absolute Gasteiger partial charge is 0.407 e. The van der Waals surface area contributed by atoms with E-state index in [0.717, 1.165) is 16.8 Å². The molecule has 21 heavy (non-hydrogen) atoms. The number of aryl methyl sites for hydroxylation is 1. The number of amides is 1. The standard InChI is InChI=1S/C15H20N4O2/c1-11(2)10-21-15(20)17-7-12-5-4-6-16-14(12)13-8-18-19(3)9-13/h4-6,8-9,11H,7,10H2,1-3H3,(H,17,20). The second-order valence-electron chi connectivity index (χ2n) is 5.26. The summed E-state index contributed by atoms with van der Waals surface area (Å²) in [6.45, 7) is 4.77. The van der Waals surface area contributed by atoms with Crippen LogP contribution < -0.4 is 5.32 Å². The van der Waals surface area contributed by atoms with Gasteiger partial charge in [0.1, 0.15) is 0 Å². The van der Waals surface area contributed by atoms with E-state index in [2.05, 4.69) is 15.4 Å². The van der Waals surface area contributed by atoms with Crippen molar-refractivity contribution >= 4 is 6.09 Å². The molecular formula is C15H20N4O2. The summed E-state index contributed by atoms with van der Waals surface area (Å²) < 4.78 is 6.81. The largest absolute Gasteiger partial charge is 0.449 e. The lowest BCUT2D eigenvalue weighted by Crippen LogP contribution is -2.25. The SMILES string of the molecule is CC(C)COC(=O)NCc1cccnc1-c1cnn(C)c1. The fourth-order valence-corrected chi connectivity index (χ4v) is 1.85. The van der Waals surface area contributed by atoms with Crippen LogP contribution in [-0.4, -0.2) is 27.5 Å². The van der Waals surface area contributed by atoms with Gasteiger partial charge in [-0.2, -0.15) is 5.10 Å². The lowest BCUT2D eigenvalue weighted by Gasteiger charge is -2.10. The van der Waals surface area contributed by atoms with Crippen LogP contribution in [0.4, 0.5) is 4.79 Å². The Kier molecular flexibility index (Phi) is 4.92. The lowest BCUT2D eigenvalue weighted by molar-refractivity contribution is 0.132. The molecule has 112 valence electrons. The van der Waals surface area contributed by atoms with E-state index in [1.807, 2.05) is 39.2 Å². The minimum absolute atomic E-state index is 0.320. The number of alkyl carbamates (subject to hydrolysis) is 1. The second-order valence-corrected chi connectivity index (χ2v) is 5.26. The van der Waals surface area contributed by atoms with E-state index >= 15 is 0 Å². The maximum absolute atomic E-state index is 11.6. The van der Waals surface area contributed by atoms with Crippen molar-refractivity contribution in [1.82, 2.24) is 20.1 Å². The molecule has 0 aliphatic heterocycles. The number of rotatable bonds is 5. The number of carbonyl (C=O) groups excluding carboxylic acids is 1. The highest BCUT2D eigenvalue weighted by atomic mass is 16.5. The number of hydrogen-bond donors (Lipinski definition) is 1. The van der Waals surface area contributed by atoms with Gasteiger partial charge >= 0.3 is 6.09 Å². The van der Waals surface area contributed by atoms with Gasteiger partial charge in [-0.1, -0.05) is 19.9 Å². The van der Waals surface area contributed by atoms with E-state index < -0.39 is 6.09 Å². The highest BCUT2D eigenvalue weighted by Crippen LogP contribution is 2.20. The van der Waals surface area contributed by atoms with Gasteiger partial charge in [0.15, 0.2) is 0 Å². The summed E-state index contributed by atoms with van der Waals surface area (Å²) in [6, 6.07) is 3.77. The quantitative estimate of drug-likeness (QED) is 0.917. The number of ether oxygens (including phenoxy) is 1. The summed E-state index contributed by atoms with van der Waals surface area (Å²) in [5.41, 5.74) is 2.66. The van der Waals surface area contributed by atoms with Gasteiger partial charge in [-0.05, 0) is 17.5 Å². The molecule has 0 aromatic carbocycles. The van der Waals surface area contributed by atoms with E-state index in [4.69, 9.17) is 4.74 Å². The molecule has 2 heterocycles. The van der Waals surface area contributed by atoms with Crippen molar-refractivity contribution in [2.75, 3.05) is 6.61 Å². The molecule has 0 spiro atoms. The Hall–Kier alpha value is -2.37. The maximum Gasteiger partial charge on any atom is 0.407 e. The van der Waals surface area contributed by atoms with Crippen LogP contribution in [0.3, 0.4) is 0 Å². The van der Waals surface area contributed by atoms with Gasteiger partial charge in [0.2, 0.25) is 0 Å². The maximum atomic E-state index is 11.6. The van der Waals surface area contributed by atoms with Crippen LogP contribution in [0, 0.1) is 5.92 Å². The molecule has 0 bridgehead atoms. The Bertz CT molecular complexity index is 607. The van der Waals surface area contributed by atoms with E-state index in [9.17, 15) is 4.79 Å². The van der Waals surface area contributed by atoms with Gasteiger partial charge in [0.05, 0.1) is 18.5 Å². The van der Waals surface area contributed by atoms with Crippen molar-refractivity contribution in [2.24, 2.45) is 13.0 Å². The van der Waals surface area contributed by atoms with Crippen LogP contribution >= 0.6 is 0 Å². The van der Waals surface area contributed by atoms with Gasteiger partial charge in [-0.25, -0.2) is 4.79 Å². The Balaban J connectivity index is 2.02. The molecule has 0 aliphatic rings. The second kappa shape index (κ2) is 6.88. The van der Waals surface area contributed by atoms with E-state index in [-0.39, 0.29) is 0 Å². The fraction of sp³-hybridized carbons (Fsp3) is 0.400. The summed E-state index contributed by atoms with van der Waals surface area (Å²) in [5, 5.41) is 6.89. The first kappa shape index (κ1) is 15.0.